The molecule has 0 aliphatic carbocycles. The SMILES string of the molecule is COc1cc(C(=O)NCC(=O)OCC(=O)N2[C@H](C)CCC[C@@H]2C)cc(OC)c1OC. The fourth-order valence-corrected chi connectivity index (χ4v) is 3.65. The fraction of sp³-hybridized carbons (Fsp3) is 0.571. The van der Waals surface area contributed by atoms with Gasteiger partial charge in [0.2, 0.25) is 5.75 Å². The second-order valence-corrected chi connectivity index (χ2v) is 7.19. The van der Waals surface area contributed by atoms with Crippen LogP contribution in [0.3, 0.4) is 0 Å². The highest BCUT2D eigenvalue weighted by molar-refractivity contribution is 5.97. The molecule has 1 saturated heterocycles. The van der Waals surface area contributed by atoms with Gasteiger partial charge in [0.1, 0.15) is 6.54 Å². The van der Waals surface area contributed by atoms with Crippen molar-refractivity contribution in [2.75, 3.05) is 34.5 Å². The molecular weight excluding hydrogens is 392 g/mol. The Morgan fingerprint density at radius 2 is 1.57 bits per heavy atom. The van der Waals surface area contributed by atoms with Crippen molar-refractivity contribution in [3.8, 4) is 17.2 Å². The van der Waals surface area contributed by atoms with Gasteiger partial charge < -0.3 is 29.2 Å². The Hall–Kier alpha value is -2.97. The van der Waals surface area contributed by atoms with Gasteiger partial charge in [-0.3, -0.25) is 14.4 Å². The molecule has 0 bridgehead atoms. The summed E-state index contributed by atoms with van der Waals surface area (Å²) in [5, 5.41) is 2.47. The summed E-state index contributed by atoms with van der Waals surface area (Å²) < 4.78 is 20.7. The highest BCUT2D eigenvalue weighted by atomic mass is 16.5. The minimum Gasteiger partial charge on any atom is -0.493 e. The highest BCUT2D eigenvalue weighted by Gasteiger charge is 2.29. The first kappa shape index (κ1) is 23.3. The zero-order chi connectivity index (χ0) is 22.3. The van der Waals surface area contributed by atoms with Crippen LogP contribution in [0.5, 0.6) is 17.2 Å². The average molecular weight is 422 g/mol. The molecule has 0 spiro atoms. The number of hydrogen-bond donors (Lipinski definition) is 1. The molecule has 1 aliphatic rings. The van der Waals surface area contributed by atoms with Gasteiger partial charge in [0, 0.05) is 17.6 Å². The van der Waals surface area contributed by atoms with Crippen LogP contribution in [-0.4, -0.2) is 69.2 Å². The number of piperidine rings is 1. The Morgan fingerprint density at radius 3 is 2.07 bits per heavy atom. The number of carbonyl (C=O) groups excluding carboxylic acids is 3. The topological polar surface area (TPSA) is 103 Å². The van der Waals surface area contributed by atoms with E-state index in [0.717, 1.165) is 19.3 Å². The Balaban J connectivity index is 1.90. The quantitative estimate of drug-likeness (QED) is 0.637. The number of amides is 2. The van der Waals surface area contributed by atoms with Gasteiger partial charge in [-0.2, -0.15) is 0 Å². The maximum absolute atomic E-state index is 12.4. The zero-order valence-electron chi connectivity index (χ0n) is 18.1. The van der Waals surface area contributed by atoms with Crippen LogP contribution >= 0.6 is 0 Å². The van der Waals surface area contributed by atoms with E-state index >= 15 is 0 Å². The summed E-state index contributed by atoms with van der Waals surface area (Å²) in [5.74, 6) is -0.438. The van der Waals surface area contributed by atoms with Gasteiger partial charge in [-0.25, -0.2) is 0 Å². The van der Waals surface area contributed by atoms with Crippen molar-refractivity contribution in [1.82, 2.24) is 10.2 Å². The van der Waals surface area contributed by atoms with Gasteiger partial charge in [0.05, 0.1) is 21.3 Å². The molecule has 9 heteroatoms. The van der Waals surface area contributed by atoms with Gasteiger partial charge >= 0.3 is 5.97 Å². The normalized spacial score (nSPS) is 18.4. The van der Waals surface area contributed by atoms with Crippen molar-refractivity contribution in [2.24, 2.45) is 0 Å². The third kappa shape index (κ3) is 5.55. The number of nitrogens with one attached hydrogen (secondary N) is 1. The summed E-state index contributed by atoms with van der Waals surface area (Å²) in [6, 6.07) is 3.20. The molecule has 1 heterocycles. The smallest absolute Gasteiger partial charge is 0.325 e. The minimum absolute atomic E-state index is 0.125. The molecule has 0 unspecified atom stereocenters. The lowest BCUT2D eigenvalue weighted by Crippen LogP contribution is -2.49. The van der Waals surface area contributed by atoms with Crippen LogP contribution in [0.25, 0.3) is 0 Å². The van der Waals surface area contributed by atoms with Crippen molar-refractivity contribution in [2.45, 2.75) is 45.2 Å². The third-order valence-corrected chi connectivity index (χ3v) is 5.16. The van der Waals surface area contributed by atoms with Crippen LogP contribution < -0.4 is 19.5 Å². The standard InChI is InChI=1S/C21H30N2O7/c1-13-7-6-8-14(2)23(13)18(24)12-30-19(25)11-22-21(26)15-9-16(27-3)20(29-5)17(10-15)28-4/h9-10,13-14H,6-8,11-12H2,1-5H3,(H,22,26)/t13-,14+. The highest BCUT2D eigenvalue weighted by Crippen LogP contribution is 2.38. The molecular formula is C21H30N2O7. The third-order valence-electron chi connectivity index (χ3n) is 5.16. The van der Waals surface area contributed by atoms with Crippen molar-refractivity contribution < 1.29 is 33.3 Å². The Bertz CT molecular complexity index is 746. The monoisotopic (exact) mass is 422 g/mol. The van der Waals surface area contributed by atoms with Crippen molar-refractivity contribution in [3.63, 3.8) is 0 Å². The van der Waals surface area contributed by atoms with Gasteiger partial charge in [-0.1, -0.05) is 0 Å². The molecule has 1 N–H and O–H groups in total. The molecule has 2 atom stereocenters. The van der Waals surface area contributed by atoms with E-state index < -0.39 is 11.9 Å². The second kappa shape index (κ2) is 10.7. The summed E-state index contributed by atoms with van der Waals surface area (Å²) in [4.78, 5) is 38.6. The number of methoxy groups -OCH3 is 3. The van der Waals surface area contributed by atoms with Gasteiger partial charge in [0.25, 0.3) is 11.8 Å². The van der Waals surface area contributed by atoms with Crippen molar-refractivity contribution in [1.29, 1.82) is 0 Å². The van der Waals surface area contributed by atoms with Crippen LogP contribution in [-0.2, 0) is 14.3 Å². The fourth-order valence-electron chi connectivity index (χ4n) is 3.65. The molecule has 9 nitrogen and oxygen atoms in total. The molecule has 0 saturated carbocycles. The molecule has 2 rings (SSSR count). The largest absolute Gasteiger partial charge is 0.493 e. The van der Waals surface area contributed by atoms with Gasteiger partial charge in [-0.15, -0.1) is 0 Å². The first-order valence-electron chi connectivity index (χ1n) is 9.87. The predicted molar refractivity (Wildman–Crippen MR) is 109 cm³/mol. The van der Waals surface area contributed by atoms with Crippen molar-refractivity contribution >= 4 is 17.8 Å². The van der Waals surface area contributed by atoms with E-state index in [4.69, 9.17) is 18.9 Å². The van der Waals surface area contributed by atoms with E-state index in [1.807, 2.05) is 13.8 Å². The van der Waals surface area contributed by atoms with Gasteiger partial charge in [-0.05, 0) is 45.2 Å². The molecule has 1 aliphatic heterocycles. The second-order valence-electron chi connectivity index (χ2n) is 7.19. The first-order valence-corrected chi connectivity index (χ1v) is 9.87. The van der Waals surface area contributed by atoms with Crippen molar-refractivity contribution in [3.05, 3.63) is 17.7 Å². The van der Waals surface area contributed by atoms with Crippen LogP contribution in [0.15, 0.2) is 12.1 Å². The molecule has 1 fully saturated rings. The number of ether oxygens (including phenoxy) is 4. The van der Waals surface area contributed by atoms with E-state index in [0.29, 0.717) is 17.2 Å². The van der Waals surface area contributed by atoms with E-state index in [2.05, 4.69) is 5.32 Å². The number of nitrogens with zero attached hydrogens (tertiary/aromatic N) is 1. The molecule has 0 aromatic heterocycles. The Labute approximate surface area is 176 Å². The molecule has 0 radical (unpaired) electrons. The molecule has 1 aromatic carbocycles. The van der Waals surface area contributed by atoms with Crippen LogP contribution in [0.2, 0.25) is 0 Å². The first-order chi connectivity index (χ1) is 14.3. The lowest BCUT2D eigenvalue weighted by Gasteiger charge is -2.38. The summed E-state index contributed by atoms with van der Waals surface area (Å²) in [7, 11) is 4.34. The molecule has 1 aromatic rings. The summed E-state index contributed by atoms with van der Waals surface area (Å²) in [6.07, 6.45) is 2.96. The van der Waals surface area contributed by atoms with Gasteiger partial charge in [0.15, 0.2) is 18.1 Å². The maximum Gasteiger partial charge on any atom is 0.325 e. The van der Waals surface area contributed by atoms with E-state index in [-0.39, 0.29) is 36.7 Å². The zero-order valence-corrected chi connectivity index (χ0v) is 18.1. The summed E-state index contributed by atoms with van der Waals surface area (Å²) in [6.45, 7) is 3.28. The maximum atomic E-state index is 12.4. The molecule has 30 heavy (non-hydrogen) atoms. The molecule has 166 valence electrons. The minimum atomic E-state index is -0.693. The van der Waals surface area contributed by atoms with Crippen LogP contribution in [0.4, 0.5) is 0 Å². The molecule has 2 amide bonds. The number of rotatable bonds is 8. The number of hydrogen-bond acceptors (Lipinski definition) is 7. The van der Waals surface area contributed by atoms with E-state index in [1.165, 1.54) is 33.5 Å². The summed E-state index contributed by atoms with van der Waals surface area (Å²) >= 11 is 0. The van der Waals surface area contributed by atoms with Crippen LogP contribution in [0, 0.1) is 0 Å². The number of carbonyl (C=O) groups is 3. The number of likely N-dealkylation sites (tertiary alicyclic amines) is 1. The lowest BCUT2D eigenvalue weighted by molar-refractivity contribution is -0.154. The Morgan fingerprint density at radius 1 is 1.00 bits per heavy atom. The Kier molecular flexibility index (Phi) is 8.32. The van der Waals surface area contributed by atoms with Crippen LogP contribution in [0.1, 0.15) is 43.5 Å². The van der Waals surface area contributed by atoms with E-state index in [9.17, 15) is 14.4 Å². The summed E-state index contributed by atoms with van der Waals surface area (Å²) in [5.41, 5.74) is 0.226. The average Bonchev–Trinajstić information content (AvgIpc) is 2.74. The number of esters is 1. The lowest BCUT2D eigenvalue weighted by atomic mass is 9.97. The predicted octanol–water partition coefficient (Wildman–Crippen LogP) is 1.77. The number of benzene rings is 1. The van der Waals surface area contributed by atoms with E-state index in [1.54, 1.807) is 4.90 Å².